The van der Waals surface area contributed by atoms with E-state index in [1.807, 2.05) is 22.8 Å². The number of hydrogen-bond donors (Lipinski definition) is 2. The molecule has 1 saturated heterocycles. The summed E-state index contributed by atoms with van der Waals surface area (Å²) in [5.74, 6) is -2.43. The summed E-state index contributed by atoms with van der Waals surface area (Å²) < 4.78 is 5.74. The predicted octanol–water partition coefficient (Wildman–Crippen LogP) is -2.14. The van der Waals surface area contributed by atoms with Crippen LogP contribution in [0.4, 0.5) is 5.13 Å². The first-order valence-electron chi connectivity index (χ1n) is 9.24. The maximum atomic E-state index is 12.8. The average molecular weight is 476 g/mol. The summed E-state index contributed by atoms with van der Waals surface area (Å²) in [6.45, 7) is 0.298. The minimum Gasteiger partial charge on any atom is -0.543 e. The second kappa shape index (κ2) is 8.92. The van der Waals surface area contributed by atoms with Crippen LogP contribution >= 0.6 is 23.3 Å². The first kappa shape index (κ1) is 21.7. The number of aliphatic carboxylic acids is 1. The second-order valence-corrected chi connectivity index (χ2v) is 8.62. The van der Waals surface area contributed by atoms with Crippen molar-refractivity contribution in [1.82, 2.24) is 19.6 Å². The van der Waals surface area contributed by atoms with Crippen molar-refractivity contribution in [2.45, 2.75) is 18.0 Å². The monoisotopic (exact) mass is 475 g/mol. The normalized spacial score (nSPS) is 20.5. The van der Waals surface area contributed by atoms with Gasteiger partial charge in [0.1, 0.15) is 18.5 Å². The van der Waals surface area contributed by atoms with Crippen LogP contribution in [0.1, 0.15) is 5.82 Å². The van der Waals surface area contributed by atoms with Crippen molar-refractivity contribution >= 4 is 51.9 Å². The Morgan fingerprint density at radius 2 is 2.16 bits per heavy atom. The molecule has 1 fully saturated rings. The summed E-state index contributed by atoms with van der Waals surface area (Å²) in [5.41, 5.74) is 5.69. The molecule has 0 radical (unpaired) electrons. The largest absolute Gasteiger partial charge is 0.543 e. The zero-order valence-electron chi connectivity index (χ0n) is 16.6. The number of carbonyl (C=O) groups excluding carboxylic acids is 3. The molecular weight excluding hydrogens is 458 g/mol. The number of pyridine rings is 1. The third-order valence-corrected chi connectivity index (χ3v) is 6.61. The number of oxime groups is 1. The number of anilines is 1. The molecule has 0 aliphatic carbocycles. The van der Waals surface area contributed by atoms with Gasteiger partial charge in [0.2, 0.25) is 11.5 Å². The number of β-lactam (4-membered cyclic amide) rings is 1. The number of thioether (sulfide) groups is 1. The number of nitrogens with zero attached hydrogens (tertiary/aromatic N) is 5. The van der Waals surface area contributed by atoms with Crippen molar-refractivity contribution in [2.75, 3.05) is 18.6 Å². The number of rotatable bonds is 7. The molecule has 4 heterocycles. The number of carboxylic acids is 1. The van der Waals surface area contributed by atoms with Gasteiger partial charge in [-0.05, 0) is 0 Å². The van der Waals surface area contributed by atoms with Gasteiger partial charge in [-0.15, -0.1) is 11.8 Å². The lowest BCUT2D eigenvalue weighted by atomic mass is 10.0. The van der Waals surface area contributed by atoms with Crippen LogP contribution in [0.2, 0.25) is 0 Å². The molecule has 14 heteroatoms. The van der Waals surface area contributed by atoms with Gasteiger partial charge in [0.25, 0.3) is 11.8 Å². The Morgan fingerprint density at radius 1 is 1.41 bits per heavy atom. The zero-order valence-corrected chi connectivity index (χ0v) is 18.3. The van der Waals surface area contributed by atoms with E-state index in [1.165, 1.54) is 18.9 Å². The quantitative estimate of drug-likeness (QED) is 0.197. The third kappa shape index (κ3) is 4.01. The zero-order chi connectivity index (χ0) is 22.8. The van der Waals surface area contributed by atoms with Gasteiger partial charge in [0.15, 0.2) is 24.1 Å². The Morgan fingerprint density at radius 3 is 2.78 bits per heavy atom. The highest BCUT2D eigenvalue weighted by Gasteiger charge is 2.53. The topological polar surface area (TPSA) is 167 Å². The highest BCUT2D eigenvalue weighted by molar-refractivity contribution is 8.00. The van der Waals surface area contributed by atoms with Gasteiger partial charge in [0.05, 0.1) is 11.7 Å². The number of fused-ring (bicyclic) bond motifs is 1. The summed E-state index contributed by atoms with van der Waals surface area (Å²) >= 11 is 2.23. The number of nitrogens with one attached hydrogen (secondary N) is 1. The van der Waals surface area contributed by atoms with Crippen molar-refractivity contribution in [1.29, 1.82) is 0 Å². The standard InChI is InChI=1S/C18H17N7O5S2/c1-30-22-10(13-21-18(19)32-23-13)14(26)20-11-15(27)25-12(17(28)29)9(8-31-16(11)25)7-24-5-3-2-4-6-24/h2-6,11,16H,7-8H2,1H3,(H3-,19,20,21,23,26,28,29)/t11?,16-/m0/s1. The van der Waals surface area contributed by atoms with Crippen LogP contribution in [0, 0.1) is 0 Å². The number of carboxylic acid groups (broad SMARTS) is 1. The lowest BCUT2D eigenvalue weighted by molar-refractivity contribution is -0.689. The summed E-state index contributed by atoms with van der Waals surface area (Å²) in [6.07, 6.45) is 3.60. The van der Waals surface area contributed by atoms with Crippen LogP contribution in [-0.4, -0.2) is 62.0 Å². The Hall–Kier alpha value is -3.52. The molecule has 32 heavy (non-hydrogen) atoms. The second-order valence-electron chi connectivity index (χ2n) is 6.73. The van der Waals surface area contributed by atoms with Crippen LogP contribution in [0.15, 0.2) is 47.0 Å². The smallest absolute Gasteiger partial charge is 0.278 e. The summed E-state index contributed by atoms with van der Waals surface area (Å²) in [4.78, 5) is 47.2. The van der Waals surface area contributed by atoms with Gasteiger partial charge in [-0.1, -0.05) is 11.2 Å². The molecule has 2 atom stereocenters. The fourth-order valence-corrected chi connectivity index (χ4v) is 5.14. The van der Waals surface area contributed by atoms with Gasteiger partial charge in [0, 0.05) is 35.0 Å². The minimum absolute atomic E-state index is 0.0377. The molecule has 0 saturated carbocycles. The molecule has 0 spiro atoms. The number of carbonyl (C=O) groups is 3. The maximum Gasteiger partial charge on any atom is 0.278 e. The summed E-state index contributed by atoms with van der Waals surface area (Å²) in [6, 6.07) is 4.54. The molecule has 2 aromatic rings. The van der Waals surface area contributed by atoms with E-state index < -0.39 is 29.2 Å². The number of aromatic nitrogens is 3. The van der Waals surface area contributed by atoms with E-state index in [-0.39, 0.29) is 22.4 Å². The van der Waals surface area contributed by atoms with Gasteiger partial charge >= 0.3 is 0 Å². The van der Waals surface area contributed by atoms with Crippen LogP contribution in [-0.2, 0) is 25.8 Å². The van der Waals surface area contributed by atoms with E-state index >= 15 is 0 Å². The molecule has 0 bridgehead atoms. The molecule has 166 valence electrons. The van der Waals surface area contributed by atoms with Crippen LogP contribution < -0.4 is 20.7 Å². The fourth-order valence-electron chi connectivity index (χ4n) is 3.37. The molecule has 3 N–H and O–H groups in total. The third-order valence-electron chi connectivity index (χ3n) is 4.73. The molecule has 0 aromatic carbocycles. The Kier molecular flexibility index (Phi) is 6.05. The van der Waals surface area contributed by atoms with E-state index in [9.17, 15) is 19.5 Å². The van der Waals surface area contributed by atoms with Crippen molar-refractivity contribution in [3.8, 4) is 0 Å². The Balaban J connectivity index is 1.53. The van der Waals surface area contributed by atoms with E-state index in [1.54, 1.807) is 12.4 Å². The molecule has 1 unspecified atom stereocenters. The lowest BCUT2D eigenvalue weighted by Crippen LogP contribution is -2.71. The molecule has 2 aromatic heterocycles. The molecule has 2 aliphatic rings. The number of nitrogen functional groups attached to an aromatic ring is 1. The SMILES string of the molecule is CON=C(C(=O)NC1C(=O)N2C(C(=O)[O-])=C(C[n+]3ccccc3)CS[C@@H]12)c1nsc(N)n1. The predicted molar refractivity (Wildman–Crippen MR) is 112 cm³/mol. The summed E-state index contributed by atoms with van der Waals surface area (Å²) in [5, 5.41) is 17.6. The Bertz CT molecular complexity index is 1130. The van der Waals surface area contributed by atoms with E-state index in [0.717, 1.165) is 16.4 Å². The van der Waals surface area contributed by atoms with E-state index in [0.29, 0.717) is 17.9 Å². The minimum atomic E-state index is -1.44. The van der Waals surface area contributed by atoms with Crippen LogP contribution in [0.3, 0.4) is 0 Å². The van der Waals surface area contributed by atoms with Crippen molar-refractivity contribution in [3.63, 3.8) is 0 Å². The highest BCUT2D eigenvalue weighted by atomic mass is 32.2. The van der Waals surface area contributed by atoms with Crippen LogP contribution in [0.5, 0.6) is 0 Å². The van der Waals surface area contributed by atoms with E-state index in [4.69, 9.17) is 5.73 Å². The number of nitrogens with two attached hydrogens (primary N) is 1. The number of hydrogen-bond acceptors (Lipinski definition) is 11. The fraction of sp³-hybridized carbons (Fsp3) is 0.278. The van der Waals surface area contributed by atoms with Crippen molar-refractivity contribution < 1.29 is 28.9 Å². The molecule has 2 amide bonds. The lowest BCUT2D eigenvalue weighted by Gasteiger charge is -2.50. The van der Waals surface area contributed by atoms with Crippen molar-refractivity contribution in [2.24, 2.45) is 5.16 Å². The van der Waals surface area contributed by atoms with Crippen LogP contribution in [0.25, 0.3) is 0 Å². The molecule has 2 aliphatic heterocycles. The van der Waals surface area contributed by atoms with Gasteiger partial charge in [-0.3, -0.25) is 14.5 Å². The molecule has 4 rings (SSSR count). The molecular formula is C18H17N7O5S2. The van der Waals surface area contributed by atoms with Gasteiger partial charge < -0.3 is 25.8 Å². The maximum absolute atomic E-state index is 12.8. The number of amides is 2. The van der Waals surface area contributed by atoms with E-state index in [2.05, 4.69) is 24.7 Å². The van der Waals surface area contributed by atoms with Crippen molar-refractivity contribution in [3.05, 3.63) is 47.7 Å². The average Bonchev–Trinajstić information content (AvgIpc) is 3.21. The van der Waals surface area contributed by atoms with Gasteiger partial charge in [-0.2, -0.15) is 9.36 Å². The first-order valence-corrected chi connectivity index (χ1v) is 11.1. The highest BCUT2D eigenvalue weighted by Crippen LogP contribution is 2.40. The molecule has 12 nitrogen and oxygen atoms in total. The summed E-state index contributed by atoms with van der Waals surface area (Å²) in [7, 11) is 1.25. The Labute approximate surface area is 189 Å². The van der Waals surface area contributed by atoms with Gasteiger partial charge in [-0.25, -0.2) is 4.57 Å². The first-order chi connectivity index (χ1) is 15.4.